The molecule has 0 bridgehead atoms. The van der Waals surface area contributed by atoms with Gasteiger partial charge < -0.3 is 9.73 Å². The molecule has 14 heavy (non-hydrogen) atoms. The van der Waals surface area contributed by atoms with E-state index < -0.39 is 0 Å². The van der Waals surface area contributed by atoms with Gasteiger partial charge in [-0.3, -0.25) is 0 Å². The van der Waals surface area contributed by atoms with Gasteiger partial charge in [0, 0.05) is 12.0 Å². The summed E-state index contributed by atoms with van der Waals surface area (Å²) in [5.41, 5.74) is 1.37. The van der Waals surface area contributed by atoms with Crippen LogP contribution >= 0.6 is 0 Å². The summed E-state index contributed by atoms with van der Waals surface area (Å²) in [5, 5.41) is 3.63. The second kappa shape index (κ2) is 4.65. The molecule has 2 atom stereocenters. The van der Waals surface area contributed by atoms with Crippen molar-refractivity contribution in [1.29, 1.82) is 0 Å². The standard InChI is InChI=1S/C12H19NO/c1-2-7-13-12-5-3-4-11(12)10-6-8-14-9-10/h6,8-9,11-13H,2-5,7H2,1H3. The Morgan fingerprint density at radius 2 is 2.43 bits per heavy atom. The van der Waals surface area contributed by atoms with E-state index in [0.29, 0.717) is 12.0 Å². The van der Waals surface area contributed by atoms with Gasteiger partial charge in [-0.25, -0.2) is 0 Å². The predicted octanol–water partition coefficient (Wildman–Crippen LogP) is 2.92. The van der Waals surface area contributed by atoms with Gasteiger partial charge in [0.05, 0.1) is 12.5 Å². The monoisotopic (exact) mass is 193 g/mol. The summed E-state index contributed by atoms with van der Waals surface area (Å²) in [6, 6.07) is 2.78. The molecule has 1 aliphatic rings. The maximum absolute atomic E-state index is 5.15. The highest BCUT2D eigenvalue weighted by molar-refractivity contribution is 5.17. The first-order chi connectivity index (χ1) is 6.92. The lowest BCUT2D eigenvalue weighted by Crippen LogP contribution is -2.31. The first kappa shape index (κ1) is 9.78. The summed E-state index contributed by atoms with van der Waals surface area (Å²) in [6.45, 7) is 3.35. The van der Waals surface area contributed by atoms with Gasteiger partial charge >= 0.3 is 0 Å². The SMILES string of the molecule is CCCNC1CCCC1c1ccoc1. The highest BCUT2D eigenvalue weighted by Gasteiger charge is 2.28. The van der Waals surface area contributed by atoms with Crippen LogP contribution in [0.4, 0.5) is 0 Å². The van der Waals surface area contributed by atoms with Crippen LogP contribution in [0.3, 0.4) is 0 Å². The van der Waals surface area contributed by atoms with Crippen molar-refractivity contribution in [2.75, 3.05) is 6.54 Å². The van der Waals surface area contributed by atoms with Crippen molar-refractivity contribution in [1.82, 2.24) is 5.32 Å². The molecule has 0 aromatic carbocycles. The minimum absolute atomic E-state index is 0.674. The molecule has 0 aliphatic heterocycles. The lowest BCUT2D eigenvalue weighted by atomic mass is 9.97. The molecule has 0 radical (unpaired) electrons. The summed E-state index contributed by atoms with van der Waals surface area (Å²) < 4.78 is 5.15. The fraction of sp³-hybridized carbons (Fsp3) is 0.667. The smallest absolute Gasteiger partial charge is 0.0937 e. The zero-order chi connectivity index (χ0) is 9.80. The Hall–Kier alpha value is -0.760. The highest BCUT2D eigenvalue weighted by atomic mass is 16.3. The molecule has 78 valence electrons. The van der Waals surface area contributed by atoms with Crippen molar-refractivity contribution >= 4 is 0 Å². The van der Waals surface area contributed by atoms with Crippen molar-refractivity contribution in [2.24, 2.45) is 0 Å². The predicted molar refractivity (Wildman–Crippen MR) is 57.4 cm³/mol. The van der Waals surface area contributed by atoms with Crippen LogP contribution in [0.1, 0.15) is 44.1 Å². The molecule has 2 rings (SSSR count). The van der Waals surface area contributed by atoms with Gasteiger partial charge in [-0.05, 0) is 37.4 Å². The fourth-order valence-corrected chi connectivity index (χ4v) is 2.42. The fourth-order valence-electron chi connectivity index (χ4n) is 2.42. The summed E-state index contributed by atoms with van der Waals surface area (Å²) in [5.74, 6) is 0.681. The summed E-state index contributed by atoms with van der Waals surface area (Å²) in [6.07, 6.45) is 8.86. The van der Waals surface area contributed by atoms with Crippen LogP contribution in [0.25, 0.3) is 0 Å². The maximum Gasteiger partial charge on any atom is 0.0937 e. The van der Waals surface area contributed by atoms with Gasteiger partial charge in [-0.15, -0.1) is 0 Å². The number of nitrogens with one attached hydrogen (secondary N) is 1. The van der Waals surface area contributed by atoms with E-state index in [1.165, 1.54) is 31.2 Å². The third-order valence-corrected chi connectivity index (χ3v) is 3.14. The molecule has 1 aromatic heterocycles. The molecule has 2 nitrogen and oxygen atoms in total. The van der Waals surface area contributed by atoms with E-state index >= 15 is 0 Å². The molecule has 0 amide bonds. The van der Waals surface area contributed by atoms with Crippen molar-refractivity contribution < 1.29 is 4.42 Å². The molecular weight excluding hydrogens is 174 g/mol. The van der Waals surface area contributed by atoms with Crippen LogP contribution in [-0.2, 0) is 0 Å². The van der Waals surface area contributed by atoms with Crippen LogP contribution in [-0.4, -0.2) is 12.6 Å². The van der Waals surface area contributed by atoms with Crippen molar-refractivity contribution in [3.05, 3.63) is 24.2 Å². The molecule has 2 heteroatoms. The Balaban J connectivity index is 1.97. The highest BCUT2D eigenvalue weighted by Crippen LogP contribution is 2.34. The average molecular weight is 193 g/mol. The Kier molecular flexibility index (Phi) is 3.25. The van der Waals surface area contributed by atoms with Crippen molar-refractivity contribution in [3.8, 4) is 0 Å². The van der Waals surface area contributed by atoms with E-state index in [0.717, 1.165) is 6.54 Å². The van der Waals surface area contributed by atoms with Gasteiger partial charge in [0.1, 0.15) is 0 Å². The minimum atomic E-state index is 0.674. The minimum Gasteiger partial charge on any atom is -0.472 e. The number of rotatable bonds is 4. The van der Waals surface area contributed by atoms with Gasteiger partial charge in [0.15, 0.2) is 0 Å². The molecule has 1 heterocycles. The van der Waals surface area contributed by atoms with E-state index in [1.807, 2.05) is 6.26 Å². The molecule has 1 N–H and O–H groups in total. The summed E-state index contributed by atoms with van der Waals surface area (Å²) in [4.78, 5) is 0. The second-order valence-corrected chi connectivity index (χ2v) is 4.15. The third kappa shape index (κ3) is 2.01. The molecular formula is C12H19NO. The van der Waals surface area contributed by atoms with Gasteiger partial charge in [0.25, 0.3) is 0 Å². The van der Waals surface area contributed by atoms with Crippen LogP contribution in [0.15, 0.2) is 23.0 Å². The van der Waals surface area contributed by atoms with Crippen molar-refractivity contribution in [3.63, 3.8) is 0 Å². The summed E-state index contributed by atoms with van der Waals surface area (Å²) in [7, 11) is 0. The Morgan fingerprint density at radius 1 is 1.50 bits per heavy atom. The molecule has 1 saturated carbocycles. The molecule has 1 fully saturated rings. The molecule has 0 saturated heterocycles. The zero-order valence-corrected chi connectivity index (χ0v) is 8.83. The largest absolute Gasteiger partial charge is 0.472 e. The second-order valence-electron chi connectivity index (χ2n) is 4.15. The van der Waals surface area contributed by atoms with Gasteiger partial charge in [-0.2, -0.15) is 0 Å². The number of hydrogen-bond donors (Lipinski definition) is 1. The zero-order valence-electron chi connectivity index (χ0n) is 8.83. The van der Waals surface area contributed by atoms with Gasteiger partial charge in [0.2, 0.25) is 0 Å². The van der Waals surface area contributed by atoms with E-state index in [9.17, 15) is 0 Å². The lowest BCUT2D eigenvalue weighted by Gasteiger charge is -2.19. The van der Waals surface area contributed by atoms with E-state index in [4.69, 9.17) is 4.42 Å². The van der Waals surface area contributed by atoms with Crippen LogP contribution in [0, 0.1) is 0 Å². The first-order valence-electron chi connectivity index (χ1n) is 5.67. The van der Waals surface area contributed by atoms with E-state index in [-0.39, 0.29) is 0 Å². The first-order valence-corrected chi connectivity index (χ1v) is 5.67. The maximum atomic E-state index is 5.15. The quantitative estimate of drug-likeness (QED) is 0.795. The van der Waals surface area contributed by atoms with E-state index in [2.05, 4.69) is 18.3 Å². The third-order valence-electron chi connectivity index (χ3n) is 3.14. The Morgan fingerprint density at radius 3 is 3.14 bits per heavy atom. The molecule has 2 unspecified atom stereocenters. The van der Waals surface area contributed by atoms with Crippen LogP contribution in [0.2, 0.25) is 0 Å². The lowest BCUT2D eigenvalue weighted by molar-refractivity contribution is 0.473. The molecule has 0 spiro atoms. The molecule has 1 aromatic rings. The molecule has 1 aliphatic carbocycles. The topological polar surface area (TPSA) is 25.2 Å². The number of hydrogen-bond acceptors (Lipinski definition) is 2. The van der Waals surface area contributed by atoms with Crippen LogP contribution in [0.5, 0.6) is 0 Å². The van der Waals surface area contributed by atoms with E-state index in [1.54, 1.807) is 6.26 Å². The Bertz CT molecular complexity index is 255. The average Bonchev–Trinajstić information content (AvgIpc) is 2.84. The van der Waals surface area contributed by atoms with Crippen LogP contribution < -0.4 is 5.32 Å². The van der Waals surface area contributed by atoms with Gasteiger partial charge in [-0.1, -0.05) is 13.3 Å². The number of furan rings is 1. The normalized spacial score (nSPS) is 26.9. The van der Waals surface area contributed by atoms with Crippen molar-refractivity contribution in [2.45, 2.75) is 44.6 Å². The Labute approximate surface area is 85.7 Å². The summed E-state index contributed by atoms with van der Waals surface area (Å²) >= 11 is 0.